The van der Waals surface area contributed by atoms with E-state index in [0.29, 0.717) is 23.9 Å². The average Bonchev–Trinajstić information content (AvgIpc) is 3.06. The summed E-state index contributed by atoms with van der Waals surface area (Å²) in [6.07, 6.45) is 3.64. The molecule has 0 radical (unpaired) electrons. The van der Waals surface area contributed by atoms with Crippen molar-refractivity contribution in [1.29, 1.82) is 0 Å². The van der Waals surface area contributed by atoms with Gasteiger partial charge in [0.2, 0.25) is 5.91 Å². The maximum absolute atomic E-state index is 12.0. The van der Waals surface area contributed by atoms with E-state index in [2.05, 4.69) is 31.4 Å². The van der Waals surface area contributed by atoms with Crippen LogP contribution in [0.5, 0.6) is 0 Å². The largest absolute Gasteiger partial charge is 0.351 e. The number of piperidine rings is 1. The van der Waals surface area contributed by atoms with Gasteiger partial charge in [-0.15, -0.1) is 12.4 Å². The van der Waals surface area contributed by atoms with Crippen LogP contribution in [0.15, 0.2) is 0 Å². The maximum atomic E-state index is 12.0. The number of nitrogens with one attached hydrogen (secondary N) is 2. The van der Waals surface area contributed by atoms with E-state index < -0.39 is 0 Å². The lowest BCUT2D eigenvalue weighted by atomic mass is 9.88. The minimum absolute atomic E-state index is 0. The van der Waals surface area contributed by atoms with Crippen molar-refractivity contribution in [2.45, 2.75) is 52.1 Å². The second kappa shape index (κ2) is 6.05. The average molecular weight is 261 g/mol. The normalized spacial score (nSPS) is 34.6. The Morgan fingerprint density at radius 1 is 1.29 bits per heavy atom. The summed E-state index contributed by atoms with van der Waals surface area (Å²) < 4.78 is 0. The molecule has 4 unspecified atom stereocenters. The highest BCUT2D eigenvalue weighted by molar-refractivity contribution is 5.85. The lowest BCUT2D eigenvalue weighted by Crippen LogP contribution is -2.56. The highest BCUT2D eigenvalue weighted by Gasteiger charge is 2.35. The number of rotatable bonds is 3. The number of hydrogen-bond acceptors (Lipinski definition) is 2. The third kappa shape index (κ3) is 3.59. The lowest BCUT2D eigenvalue weighted by Gasteiger charge is -2.36. The van der Waals surface area contributed by atoms with Crippen molar-refractivity contribution in [2.75, 3.05) is 6.54 Å². The summed E-state index contributed by atoms with van der Waals surface area (Å²) in [5.74, 6) is 1.71. The third-order valence-corrected chi connectivity index (χ3v) is 4.27. The van der Waals surface area contributed by atoms with Gasteiger partial charge in [-0.1, -0.05) is 13.8 Å². The molecular formula is C13H25ClN2O. The SMILES string of the molecule is CC1CCNC(C)C1NC(=O)C(C)C1CC1.Cl. The van der Waals surface area contributed by atoms with Crippen LogP contribution in [0.3, 0.4) is 0 Å². The standard InChI is InChI=1S/C13H24N2O.ClH/c1-8-6-7-14-10(3)12(8)15-13(16)9(2)11-4-5-11;/h8-12,14H,4-7H2,1-3H3,(H,15,16);1H. The van der Waals surface area contributed by atoms with Gasteiger partial charge in [0.15, 0.2) is 0 Å². The Bertz CT molecular complexity index is 258. The summed E-state index contributed by atoms with van der Waals surface area (Å²) >= 11 is 0. The summed E-state index contributed by atoms with van der Waals surface area (Å²) in [6.45, 7) is 7.55. The van der Waals surface area contributed by atoms with Crippen LogP contribution in [0.25, 0.3) is 0 Å². The quantitative estimate of drug-likeness (QED) is 0.815. The fourth-order valence-electron chi connectivity index (χ4n) is 2.71. The maximum Gasteiger partial charge on any atom is 0.223 e. The van der Waals surface area contributed by atoms with Crippen molar-refractivity contribution >= 4 is 18.3 Å². The smallest absolute Gasteiger partial charge is 0.223 e. The summed E-state index contributed by atoms with van der Waals surface area (Å²) in [4.78, 5) is 12.0. The first kappa shape index (κ1) is 14.8. The van der Waals surface area contributed by atoms with Gasteiger partial charge in [0.05, 0.1) is 0 Å². The van der Waals surface area contributed by atoms with Gasteiger partial charge in [0, 0.05) is 18.0 Å². The summed E-state index contributed by atoms with van der Waals surface area (Å²) in [5.41, 5.74) is 0. The highest BCUT2D eigenvalue weighted by atomic mass is 35.5. The molecule has 1 heterocycles. The van der Waals surface area contributed by atoms with Crippen LogP contribution >= 0.6 is 12.4 Å². The number of carbonyl (C=O) groups is 1. The van der Waals surface area contributed by atoms with Crippen molar-refractivity contribution in [3.8, 4) is 0 Å². The van der Waals surface area contributed by atoms with Crippen molar-refractivity contribution < 1.29 is 4.79 Å². The highest BCUT2D eigenvalue weighted by Crippen LogP contribution is 2.36. The van der Waals surface area contributed by atoms with Crippen molar-refractivity contribution in [3.63, 3.8) is 0 Å². The minimum atomic E-state index is 0. The number of carbonyl (C=O) groups excluding carboxylic acids is 1. The van der Waals surface area contributed by atoms with Crippen LogP contribution in [0.2, 0.25) is 0 Å². The van der Waals surface area contributed by atoms with Gasteiger partial charge in [0.25, 0.3) is 0 Å². The zero-order chi connectivity index (χ0) is 11.7. The molecule has 1 amide bonds. The summed E-state index contributed by atoms with van der Waals surface area (Å²) in [7, 11) is 0. The van der Waals surface area contributed by atoms with Crippen LogP contribution in [0, 0.1) is 17.8 Å². The molecule has 2 rings (SSSR count). The first-order valence-electron chi connectivity index (χ1n) is 6.63. The Kier molecular flexibility index (Phi) is 5.26. The third-order valence-electron chi connectivity index (χ3n) is 4.27. The first-order valence-corrected chi connectivity index (χ1v) is 6.63. The molecule has 2 fully saturated rings. The zero-order valence-corrected chi connectivity index (χ0v) is 11.8. The van der Waals surface area contributed by atoms with Crippen molar-refractivity contribution in [3.05, 3.63) is 0 Å². The molecule has 0 spiro atoms. The van der Waals surface area contributed by atoms with Gasteiger partial charge >= 0.3 is 0 Å². The minimum Gasteiger partial charge on any atom is -0.351 e. The molecule has 2 N–H and O–H groups in total. The van der Waals surface area contributed by atoms with Gasteiger partial charge in [0.1, 0.15) is 0 Å². The van der Waals surface area contributed by atoms with Crippen LogP contribution in [-0.2, 0) is 4.79 Å². The molecule has 1 saturated heterocycles. The van der Waals surface area contributed by atoms with E-state index in [1.54, 1.807) is 0 Å². The lowest BCUT2D eigenvalue weighted by molar-refractivity contribution is -0.126. The fourth-order valence-corrected chi connectivity index (χ4v) is 2.71. The van der Waals surface area contributed by atoms with Crippen molar-refractivity contribution in [2.24, 2.45) is 17.8 Å². The zero-order valence-electron chi connectivity index (χ0n) is 11.0. The van der Waals surface area contributed by atoms with Gasteiger partial charge < -0.3 is 10.6 Å². The van der Waals surface area contributed by atoms with Crippen molar-refractivity contribution in [1.82, 2.24) is 10.6 Å². The predicted octanol–water partition coefficient (Wildman–Crippen LogP) is 1.96. The Morgan fingerprint density at radius 3 is 2.47 bits per heavy atom. The number of halogens is 1. The van der Waals surface area contributed by atoms with Gasteiger partial charge in [-0.05, 0) is 44.6 Å². The molecule has 0 aromatic rings. The molecule has 17 heavy (non-hydrogen) atoms. The van der Waals surface area contributed by atoms with Crippen LogP contribution in [0.4, 0.5) is 0 Å². The predicted molar refractivity (Wildman–Crippen MR) is 72.3 cm³/mol. The van der Waals surface area contributed by atoms with Gasteiger partial charge in [-0.25, -0.2) is 0 Å². The van der Waals surface area contributed by atoms with Crippen LogP contribution in [-0.4, -0.2) is 24.5 Å². The molecule has 1 aliphatic carbocycles. The Balaban J connectivity index is 0.00000144. The molecule has 0 bridgehead atoms. The van der Waals surface area contributed by atoms with E-state index in [9.17, 15) is 4.79 Å². The topological polar surface area (TPSA) is 41.1 Å². The van der Waals surface area contributed by atoms with Gasteiger partial charge in [-0.3, -0.25) is 4.79 Å². The Labute approximate surface area is 111 Å². The molecule has 4 heteroatoms. The summed E-state index contributed by atoms with van der Waals surface area (Å²) in [5, 5.41) is 6.67. The van der Waals surface area contributed by atoms with Gasteiger partial charge in [-0.2, -0.15) is 0 Å². The molecule has 1 aliphatic heterocycles. The Hall–Kier alpha value is -0.280. The monoisotopic (exact) mass is 260 g/mol. The molecule has 0 aromatic carbocycles. The van der Waals surface area contributed by atoms with E-state index in [1.807, 2.05) is 0 Å². The molecule has 0 aromatic heterocycles. The van der Waals surface area contributed by atoms with E-state index in [0.717, 1.165) is 13.0 Å². The molecule has 1 saturated carbocycles. The molecular weight excluding hydrogens is 236 g/mol. The summed E-state index contributed by atoms with van der Waals surface area (Å²) in [6, 6.07) is 0.710. The number of amides is 1. The molecule has 2 aliphatic rings. The Morgan fingerprint density at radius 2 is 1.94 bits per heavy atom. The van der Waals surface area contributed by atoms with Crippen LogP contribution < -0.4 is 10.6 Å². The van der Waals surface area contributed by atoms with E-state index in [1.165, 1.54) is 12.8 Å². The van der Waals surface area contributed by atoms with E-state index >= 15 is 0 Å². The second-order valence-electron chi connectivity index (χ2n) is 5.67. The second-order valence-corrected chi connectivity index (χ2v) is 5.67. The fraction of sp³-hybridized carbons (Fsp3) is 0.923. The van der Waals surface area contributed by atoms with E-state index in [-0.39, 0.29) is 24.2 Å². The van der Waals surface area contributed by atoms with E-state index in [4.69, 9.17) is 0 Å². The molecule has 3 nitrogen and oxygen atoms in total. The number of hydrogen-bond donors (Lipinski definition) is 2. The first-order chi connectivity index (χ1) is 7.59. The molecule has 100 valence electrons. The van der Waals surface area contributed by atoms with Crippen LogP contribution in [0.1, 0.15) is 40.0 Å². The molecule has 4 atom stereocenters.